The summed E-state index contributed by atoms with van der Waals surface area (Å²) in [7, 11) is 0. The van der Waals surface area contributed by atoms with Crippen molar-refractivity contribution >= 4 is 17.8 Å². The minimum absolute atomic E-state index is 0.0725. The summed E-state index contributed by atoms with van der Waals surface area (Å²) in [6.07, 6.45) is 1.55. The molecule has 2 amide bonds. The molecule has 94 valence electrons. The minimum atomic E-state index is -0.686. The number of hydrogen-bond donors (Lipinski definition) is 2. The highest BCUT2D eigenvalue weighted by atomic mass is 32.2. The highest BCUT2D eigenvalue weighted by Crippen LogP contribution is 2.26. The lowest BCUT2D eigenvalue weighted by atomic mass is 9.97. The largest absolute Gasteiger partial charge is 0.388 e. The highest BCUT2D eigenvalue weighted by molar-refractivity contribution is 7.99. The zero-order valence-electron chi connectivity index (χ0n) is 10.2. The van der Waals surface area contributed by atoms with Crippen LogP contribution >= 0.6 is 11.8 Å². The molecule has 0 aromatic heterocycles. The third-order valence-electron chi connectivity index (χ3n) is 3.04. The SMILES string of the molecule is CCN(CC)C(=O)NCC1(O)CCSCC1. The molecule has 2 N–H and O–H groups in total. The maximum atomic E-state index is 11.7. The molecule has 0 unspecified atom stereocenters. The Morgan fingerprint density at radius 2 is 1.94 bits per heavy atom. The number of thioether (sulfide) groups is 1. The predicted molar refractivity (Wildman–Crippen MR) is 67.8 cm³/mol. The molecule has 1 heterocycles. The van der Waals surface area contributed by atoms with Crippen molar-refractivity contribution in [2.24, 2.45) is 0 Å². The van der Waals surface area contributed by atoms with Gasteiger partial charge in [0.1, 0.15) is 0 Å². The topological polar surface area (TPSA) is 52.6 Å². The van der Waals surface area contributed by atoms with Crippen LogP contribution in [0, 0.1) is 0 Å². The molecule has 0 aliphatic carbocycles. The van der Waals surface area contributed by atoms with Gasteiger partial charge in [-0.25, -0.2) is 4.79 Å². The van der Waals surface area contributed by atoms with Crippen molar-refractivity contribution in [3.63, 3.8) is 0 Å². The van der Waals surface area contributed by atoms with E-state index < -0.39 is 5.60 Å². The van der Waals surface area contributed by atoms with E-state index in [1.54, 1.807) is 4.90 Å². The molecule has 0 aromatic rings. The molecule has 1 aliphatic heterocycles. The standard InChI is InChI=1S/C11H22N2O2S/c1-3-13(4-2)10(14)12-9-11(15)5-7-16-8-6-11/h15H,3-9H2,1-2H3,(H,12,14). The number of hydrogen-bond acceptors (Lipinski definition) is 3. The van der Waals surface area contributed by atoms with Gasteiger partial charge in [-0.05, 0) is 38.2 Å². The van der Waals surface area contributed by atoms with E-state index in [4.69, 9.17) is 0 Å². The third-order valence-corrected chi connectivity index (χ3v) is 4.03. The van der Waals surface area contributed by atoms with Gasteiger partial charge in [0, 0.05) is 19.6 Å². The maximum absolute atomic E-state index is 11.7. The molecule has 1 aliphatic rings. The van der Waals surface area contributed by atoms with E-state index in [0.29, 0.717) is 19.6 Å². The Kier molecular flexibility index (Phi) is 5.41. The molecule has 1 fully saturated rings. The number of urea groups is 1. The van der Waals surface area contributed by atoms with Crippen LogP contribution in [0.25, 0.3) is 0 Å². The lowest BCUT2D eigenvalue weighted by Gasteiger charge is -2.32. The van der Waals surface area contributed by atoms with Crippen LogP contribution < -0.4 is 5.32 Å². The zero-order chi connectivity index (χ0) is 12.0. The molecule has 1 saturated heterocycles. The van der Waals surface area contributed by atoms with E-state index in [1.165, 1.54) is 0 Å². The van der Waals surface area contributed by atoms with Gasteiger partial charge in [-0.2, -0.15) is 11.8 Å². The lowest BCUT2D eigenvalue weighted by Crippen LogP contribution is -2.49. The number of carbonyl (C=O) groups excluding carboxylic acids is 1. The van der Waals surface area contributed by atoms with Gasteiger partial charge in [0.25, 0.3) is 0 Å². The van der Waals surface area contributed by atoms with Crippen LogP contribution in [0.15, 0.2) is 0 Å². The monoisotopic (exact) mass is 246 g/mol. The molecule has 5 heteroatoms. The number of amides is 2. The van der Waals surface area contributed by atoms with E-state index in [1.807, 2.05) is 25.6 Å². The van der Waals surface area contributed by atoms with Crippen molar-refractivity contribution in [1.29, 1.82) is 0 Å². The summed E-state index contributed by atoms with van der Waals surface area (Å²) in [5.74, 6) is 1.97. The number of aliphatic hydroxyl groups is 1. The van der Waals surface area contributed by atoms with Gasteiger partial charge >= 0.3 is 6.03 Å². The molecule has 0 radical (unpaired) electrons. The molecule has 0 atom stereocenters. The van der Waals surface area contributed by atoms with Crippen molar-refractivity contribution in [3.8, 4) is 0 Å². The van der Waals surface area contributed by atoms with Crippen LogP contribution in [-0.2, 0) is 0 Å². The molecule has 4 nitrogen and oxygen atoms in total. The van der Waals surface area contributed by atoms with Crippen molar-refractivity contribution in [3.05, 3.63) is 0 Å². The summed E-state index contributed by atoms with van der Waals surface area (Å²) in [6.45, 7) is 5.69. The number of nitrogens with zero attached hydrogens (tertiary/aromatic N) is 1. The van der Waals surface area contributed by atoms with Crippen LogP contribution in [0.3, 0.4) is 0 Å². The van der Waals surface area contributed by atoms with Crippen molar-refractivity contribution in [1.82, 2.24) is 10.2 Å². The van der Waals surface area contributed by atoms with Crippen LogP contribution in [-0.4, -0.2) is 52.8 Å². The van der Waals surface area contributed by atoms with Crippen LogP contribution in [0.5, 0.6) is 0 Å². The van der Waals surface area contributed by atoms with E-state index in [9.17, 15) is 9.90 Å². The molecule has 0 bridgehead atoms. The summed E-state index contributed by atoms with van der Waals surface area (Å²) >= 11 is 1.86. The molecule has 0 aromatic carbocycles. The van der Waals surface area contributed by atoms with Gasteiger partial charge < -0.3 is 15.3 Å². The Bertz CT molecular complexity index is 226. The van der Waals surface area contributed by atoms with E-state index in [-0.39, 0.29) is 6.03 Å². The summed E-state index contributed by atoms with van der Waals surface area (Å²) in [6, 6.07) is -0.0725. The summed E-state index contributed by atoms with van der Waals surface area (Å²) in [5, 5.41) is 13.0. The summed E-state index contributed by atoms with van der Waals surface area (Å²) < 4.78 is 0. The van der Waals surface area contributed by atoms with Crippen LogP contribution in [0.4, 0.5) is 4.79 Å². The Morgan fingerprint density at radius 3 is 2.44 bits per heavy atom. The second-order valence-corrected chi connectivity index (χ2v) is 5.39. The first-order valence-electron chi connectivity index (χ1n) is 5.94. The number of nitrogens with one attached hydrogen (secondary N) is 1. The Labute approximate surface area is 102 Å². The third kappa shape index (κ3) is 3.87. The van der Waals surface area contributed by atoms with Crippen LogP contribution in [0.2, 0.25) is 0 Å². The van der Waals surface area contributed by atoms with Gasteiger partial charge in [-0.3, -0.25) is 0 Å². The van der Waals surface area contributed by atoms with Gasteiger partial charge in [0.05, 0.1) is 5.60 Å². The second-order valence-electron chi connectivity index (χ2n) is 4.17. The Morgan fingerprint density at radius 1 is 1.38 bits per heavy atom. The lowest BCUT2D eigenvalue weighted by molar-refractivity contribution is 0.0334. The van der Waals surface area contributed by atoms with Crippen LogP contribution in [0.1, 0.15) is 26.7 Å². The average Bonchev–Trinajstić information content (AvgIpc) is 2.29. The number of rotatable bonds is 4. The number of carbonyl (C=O) groups is 1. The smallest absolute Gasteiger partial charge is 0.317 e. The summed E-state index contributed by atoms with van der Waals surface area (Å²) in [4.78, 5) is 13.4. The van der Waals surface area contributed by atoms with Gasteiger partial charge in [0.15, 0.2) is 0 Å². The van der Waals surface area contributed by atoms with Crippen molar-refractivity contribution in [2.45, 2.75) is 32.3 Å². The zero-order valence-corrected chi connectivity index (χ0v) is 11.0. The fraction of sp³-hybridized carbons (Fsp3) is 0.909. The molecule has 0 spiro atoms. The molecular formula is C11H22N2O2S. The van der Waals surface area contributed by atoms with Gasteiger partial charge in [-0.15, -0.1) is 0 Å². The van der Waals surface area contributed by atoms with Gasteiger partial charge in [-0.1, -0.05) is 0 Å². The fourth-order valence-electron chi connectivity index (χ4n) is 1.79. The molecule has 16 heavy (non-hydrogen) atoms. The average molecular weight is 246 g/mol. The molecular weight excluding hydrogens is 224 g/mol. The first kappa shape index (κ1) is 13.6. The van der Waals surface area contributed by atoms with E-state index in [2.05, 4.69) is 5.32 Å². The van der Waals surface area contributed by atoms with Crippen molar-refractivity contribution in [2.75, 3.05) is 31.1 Å². The van der Waals surface area contributed by atoms with E-state index in [0.717, 1.165) is 24.3 Å². The van der Waals surface area contributed by atoms with E-state index >= 15 is 0 Å². The first-order valence-corrected chi connectivity index (χ1v) is 7.09. The first-order chi connectivity index (χ1) is 7.61. The molecule has 0 saturated carbocycles. The predicted octanol–water partition coefficient (Wildman–Crippen LogP) is 1.30. The fourth-order valence-corrected chi connectivity index (χ4v) is 3.04. The normalized spacial score (nSPS) is 19.2. The molecule has 1 rings (SSSR count). The maximum Gasteiger partial charge on any atom is 0.317 e. The van der Waals surface area contributed by atoms with Gasteiger partial charge in [0.2, 0.25) is 0 Å². The second kappa shape index (κ2) is 6.35. The Hall–Kier alpha value is -0.420. The van der Waals surface area contributed by atoms with Crippen molar-refractivity contribution < 1.29 is 9.90 Å². The minimum Gasteiger partial charge on any atom is -0.388 e. The quantitative estimate of drug-likeness (QED) is 0.786. The Balaban J connectivity index is 2.35. The highest BCUT2D eigenvalue weighted by Gasteiger charge is 2.30. The summed E-state index contributed by atoms with van der Waals surface area (Å²) in [5.41, 5.74) is -0.686.